The number of nitrogens with two attached hydrogens (primary N) is 2. The second kappa shape index (κ2) is 11.0. The topological polar surface area (TPSA) is 158 Å². The molecule has 38 heavy (non-hydrogen) atoms. The van der Waals surface area contributed by atoms with Gasteiger partial charge in [-0.2, -0.15) is 0 Å². The Morgan fingerprint density at radius 3 is 2.47 bits per heavy atom. The predicted molar refractivity (Wildman–Crippen MR) is 151 cm³/mol. The van der Waals surface area contributed by atoms with Gasteiger partial charge in [0.15, 0.2) is 11.5 Å². The molecule has 2 aromatic heterocycles. The summed E-state index contributed by atoms with van der Waals surface area (Å²) in [6.07, 6.45) is 3.43. The van der Waals surface area contributed by atoms with Crippen molar-refractivity contribution in [2.24, 2.45) is 5.73 Å². The van der Waals surface area contributed by atoms with Gasteiger partial charge in [-0.25, -0.2) is 19.4 Å². The van der Waals surface area contributed by atoms with Gasteiger partial charge in [0, 0.05) is 27.4 Å². The van der Waals surface area contributed by atoms with Gasteiger partial charge < -0.3 is 21.6 Å². The molecule has 1 aliphatic heterocycles. The summed E-state index contributed by atoms with van der Waals surface area (Å²) in [4.78, 5) is 48.5. The lowest BCUT2D eigenvalue weighted by Gasteiger charge is -2.36. The molecule has 1 unspecified atom stereocenters. The first-order chi connectivity index (χ1) is 17.9. The van der Waals surface area contributed by atoms with Crippen molar-refractivity contribution in [3.8, 4) is 11.3 Å². The molecule has 1 aromatic carbocycles. The zero-order valence-corrected chi connectivity index (χ0v) is 23.6. The van der Waals surface area contributed by atoms with Crippen LogP contribution in [0.15, 0.2) is 42.6 Å². The van der Waals surface area contributed by atoms with Gasteiger partial charge >= 0.3 is 6.09 Å². The summed E-state index contributed by atoms with van der Waals surface area (Å²) in [5.41, 5.74) is 6.26. The molecule has 12 heteroatoms. The van der Waals surface area contributed by atoms with Crippen LogP contribution in [0.1, 0.15) is 72.7 Å². The lowest BCUT2D eigenvalue weighted by Crippen LogP contribution is -2.43. The van der Waals surface area contributed by atoms with Gasteiger partial charge in [0.1, 0.15) is 17.1 Å². The van der Waals surface area contributed by atoms with Gasteiger partial charge in [0.05, 0.1) is 6.04 Å². The largest absolute Gasteiger partial charge is 0.444 e. The number of halogens is 1. The number of pyridine rings is 1. The number of ether oxygens (including phenoxy) is 1. The van der Waals surface area contributed by atoms with E-state index >= 15 is 0 Å². The Morgan fingerprint density at radius 2 is 1.84 bits per heavy atom. The van der Waals surface area contributed by atoms with Crippen LogP contribution in [-0.2, 0) is 4.74 Å². The van der Waals surface area contributed by atoms with Gasteiger partial charge in [-0.1, -0.05) is 12.1 Å². The Hall–Kier alpha value is -3.68. The van der Waals surface area contributed by atoms with Crippen molar-refractivity contribution in [3.63, 3.8) is 0 Å². The molecule has 1 fully saturated rings. The van der Waals surface area contributed by atoms with Gasteiger partial charge in [0.25, 0.3) is 11.8 Å². The van der Waals surface area contributed by atoms with Crippen LogP contribution in [0.4, 0.5) is 10.6 Å². The molecule has 11 nitrogen and oxygen atoms in total. The quantitative estimate of drug-likeness (QED) is 0.283. The van der Waals surface area contributed by atoms with E-state index in [-0.39, 0.29) is 17.3 Å². The zero-order valence-electron chi connectivity index (χ0n) is 21.4. The standard InChI is InChI=1S/C26H30IN7O4/c1-26(2,3)38-25(37)33-13-5-4-6-18(33)23-32-20(21(22(28)35)34(23)29)15-7-9-16(10-8-15)24(36)31-19-14-17(27)11-12-30-19/h7-12,14,18H,4-6,13,29H2,1-3H3,(H2,28,35)(H,30,31,36). The van der Waals surface area contributed by atoms with Gasteiger partial charge in [-0.05, 0) is 86.9 Å². The second-order valence-corrected chi connectivity index (χ2v) is 11.2. The first-order valence-electron chi connectivity index (χ1n) is 12.1. The van der Waals surface area contributed by atoms with Crippen molar-refractivity contribution in [1.29, 1.82) is 0 Å². The number of amides is 3. The fourth-order valence-electron chi connectivity index (χ4n) is 4.30. The highest BCUT2D eigenvalue weighted by molar-refractivity contribution is 14.1. The van der Waals surface area contributed by atoms with E-state index in [1.807, 2.05) is 6.07 Å². The Balaban J connectivity index is 1.64. The number of nitrogens with zero attached hydrogens (tertiary/aromatic N) is 4. The van der Waals surface area contributed by atoms with E-state index < -0.39 is 23.6 Å². The summed E-state index contributed by atoms with van der Waals surface area (Å²) < 4.78 is 7.70. The maximum atomic E-state index is 12.9. The third-order valence-electron chi connectivity index (χ3n) is 5.98. The SMILES string of the molecule is CC(C)(C)OC(=O)N1CCCCC1c1nc(-c2ccc(C(=O)Nc3cc(I)ccn3)cc2)c(C(N)=O)n1N. The number of rotatable bonds is 5. The molecule has 1 saturated heterocycles. The number of anilines is 1. The van der Waals surface area contributed by atoms with Crippen LogP contribution in [0.25, 0.3) is 11.3 Å². The highest BCUT2D eigenvalue weighted by Crippen LogP contribution is 2.34. The molecule has 1 atom stereocenters. The number of nitrogens with one attached hydrogen (secondary N) is 1. The van der Waals surface area contributed by atoms with Crippen LogP contribution in [0.5, 0.6) is 0 Å². The molecule has 5 N–H and O–H groups in total. The van der Waals surface area contributed by atoms with E-state index in [0.29, 0.717) is 35.7 Å². The van der Waals surface area contributed by atoms with Crippen LogP contribution < -0.4 is 16.9 Å². The Kier molecular flexibility index (Phi) is 7.90. The Bertz CT molecular complexity index is 1360. The highest BCUT2D eigenvalue weighted by Gasteiger charge is 2.36. The number of likely N-dealkylation sites (tertiary alicyclic amines) is 1. The number of hydrogen-bond donors (Lipinski definition) is 3. The van der Waals surface area contributed by atoms with E-state index in [9.17, 15) is 14.4 Å². The Labute approximate surface area is 234 Å². The molecule has 0 radical (unpaired) electrons. The third kappa shape index (κ3) is 6.06. The van der Waals surface area contributed by atoms with Gasteiger partial charge in [-0.15, -0.1) is 0 Å². The molecule has 0 bridgehead atoms. The van der Waals surface area contributed by atoms with Crippen molar-refractivity contribution in [2.75, 3.05) is 17.7 Å². The number of aromatic nitrogens is 3. The van der Waals surface area contributed by atoms with Crippen molar-refractivity contribution < 1.29 is 19.1 Å². The predicted octanol–water partition coefficient (Wildman–Crippen LogP) is 4.08. The zero-order chi connectivity index (χ0) is 27.6. The summed E-state index contributed by atoms with van der Waals surface area (Å²) in [7, 11) is 0. The number of nitrogen functional groups attached to an aromatic ring is 1. The number of piperidine rings is 1. The fourth-order valence-corrected chi connectivity index (χ4v) is 4.76. The maximum absolute atomic E-state index is 12.9. The third-order valence-corrected chi connectivity index (χ3v) is 6.66. The minimum atomic E-state index is -0.757. The molecule has 0 saturated carbocycles. The summed E-state index contributed by atoms with van der Waals surface area (Å²) in [6.45, 7) is 5.89. The normalized spacial score (nSPS) is 15.7. The van der Waals surface area contributed by atoms with Crippen LogP contribution in [0.3, 0.4) is 0 Å². The monoisotopic (exact) mass is 631 g/mol. The average Bonchev–Trinajstić information content (AvgIpc) is 3.20. The lowest BCUT2D eigenvalue weighted by atomic mass is 10.0. The summed E-state index contributed by atoms with van der Waals surface area (Å²) >= 11 is 2.14. The minimum Gasteiger partial charge on any atom is -0.444 e. The summed E-state index contributed by atoms with van der Waals surface area (Å²) in [5.74, 6) is 6.03. The van der Waals surface area contributed by atoms with Crippen LogP contribution in [0, 0.1) is 3.57 Å². The van der Waals surface area contributed by atoms with Crippen molar-refractivity contribution >= 4 is 46.3 Å². The number of carbonyl (C=O) groups is 3. The highest BCUT2D eigenvalue weighted by atomic mass is 127. The minimum absolute atomic E-state index is 0.00924. The van der Waals surface area contributed by atoms with E-state index in [0.717, 1.165) is 21.1 Å². The second-order valence-electron chi connectivity index (χ2n) is 9.98. The molecule has 4 rings (SSSR count). The first-order valence-corrected chi connectivity index (χ1v) is 13.2. The van der Waals surface area contributed by atoms with Gasteiger partial charge in [0.2, 0.25) is 0 Å². The average molecular weight is 631 g/mol. The molecule has 1 aliphatic rings. The molecule has 0 aliphatic carbocycles. The molecule has 3 amide bonds. The molecule has 0 spiro atoms. The van der Waals surface area contributed by atoms with Crippen molar-refractivity contribution in [3.05, 3.63) is 63.2 Å². The number of primary amides is 1. The number of carbonyl (C=O) groups excluding carboxylic acids is 3. The van der Waals surface area contributed by atoms with E-state index in [2.05, 4.69) is 37.9 Å². The first kappa shape index (κ1) is 27.4. The number of benzene rings is 1. The lowest BCUT2D eigenvalue weighted by molar-refractivity contribution is 0.00821. The molecular formula is C26H30IN7O4. The van der Waals surface area contributed by atoms with E-state index in [4.69, 9.17) is 16.3 Å². The van der Waals surface area contributed by atoms with Crippen molar-refractivity contribution in [1.82, 2.24) is 19.5 Å². The fraction of sp³-hybridized carbons (Fsp3) is 0.346. The number of imidazole rings is 1. The van der Waals surface area contributed by atoms with E-state index in [1.54, 1.807) is 62.2 Å². The molecule has 3 heterocycles. The smallest absolute Gasteiger partial charge is 0.410 e. The molecular weight excluding hydrogens is 601 g/mol. The molecule has 200 valence electrons. The molecule has 3 aromatic rings. The summed E-state index contributed by atoms with van der Waals surface area (Å²) in [6, 6.07) is 9.67. The van der Waals surface area contributed by atoms with Gasteiger partial charge in [-0.3, -0.25) is 14.5 Å². The van der Waals surface area contributed by atoms with Crippen molar-refractivity contribution in [2.45, 2.75) is 51.7 Å². The van der Waals surface area contributed by atoms with Crippen LogP contribution >= 0.6 is 22.6 Å². The van der Waals surface area contributed by atoms with E-state index in [1.165, 1.54) is 0 Å². The summed E-state index contributed by atoms with van der Waals surface area (Å²) in [5, 5.41) is 2.76. The maximum Gasteiger partial charge on any atom is 0.410 e. The van der Waals surface area contributed by atoms with Crippen LogP contribution in [0.2, 0.25) is 0 Å². The van der Waals surface area contributed by atoms with Crippen LogP contribution in [-0.4, -0.2) is 49.6 Å². The Morgan fingerprint density at radius 1 is 1.13 bits per heavy atom. The number of hydrogen-bond acceptors (Lipinski definition) is 7.